The van der Waals surface area contributed by atoms with E-state index < -0.39 is 5.97 Å². The third-order valence-electron chi connectivity index (χ3n) is 2.83. The molecule has 0 aliphatic heterocycles. The fourth-order valence-corrected chi connectivity index (χ4v) is 1.90. The van der Waals surface area contributed by atoms with Gasteiger partial charge in [0.05, 0.1) is 6.54 Å². The second kappa shape index (κ2) is 6.17. The van der Waals surface area contributed by atoms with E-state index in [4.69, 9.17) is 0 Å². The van der Waals surface area contributed by atoms with Crippen LogP contribution in [0.25, 0.3) is 0 Å². The van der Waals surface area contributed by atoms with Gasteiger partial charge in [-0.2, -0.15) is 0 Å². The van der Waals surface area contributed by atoms with Gasteiger partial charge in [0, 0.05) is 19.3 Å². The molecule has 0 bridgehead atoms. The number of aryl methyl sites for hydroxylation is 2. The van der Waals surface area contributed by atoms with Crippen LogP contribution in [0, 0.1) is 13.8 Å². The highest BCUT2D eigenvalue weighted by Gasteiger charge is 2.21. The third-order valence-corrected chi connectivity index (χ3v) is 2.83. The molecule has 1 amide bonds. The highest BCUT2D eigenvalue weighted by Crippen LogP contribution is 2.22. The van der Waals surface area contributed by atoms with E-state index >= 15 is 0 Å². The minimum atomic E-state index is -1.03. The molecule has 0 unspecified atom stereocenters. The Morgan fingerprint density at radius 2 is 2.05 bits per heavy atom. The fourth-order valence-electron chi connectivity index (χ4n) is 1.90. The van der Waals surface area contributed by atoms with E-state index in [0.29, 0.717) is 17.9 Å². The molecular formula is C13H19N3O3. The lowest BCUT2D eigenvalue weighted by molar-refractivity contribution is -0.119. The van der Waals surface area contributed by atoms with Crippen LogP contribution in [-0.2, 0) is 4.79 Å². The molecule has 0 spiro atoms. The lowest BCUT2D eigenvalue weighted by atomic mass is 10.1. The van der Waals surface area contributed by atoms with Gasteiger partial charge in [-0.05, 0) is 32.4 Å². The van der Waals surface area contributed by atoms with Gasteiger partial charge in [0.2, 0.25) is 5.91 Å². The van der Waals surface area contributed by atoms with Gasteiger partial charge in [0.1, 0.15) is 11.4 Å². The molecule has 19 heavy (non-hydrogen) atoms. The van der Waals surface area contributed by atoms with Crippen LogP contribution in [0.1, 0.15) is 28.5 Å². The number of amides is 1. The zero-order chi connectivity index (χ0) is 14.6. The van der Waals surface area contributed by atoms with E-state index in [2.05, 4.69) is 10.3 Å². The predicted molar refractivity (Wildman–Crippen MR) is 72.6 cm³/mol. The molecule has 0 saturated heterocycles. The molecule has 0 atom stereocenters. The zero-order valence-electron chi connectivity index (χ0n) is 11.6. The quantitative estimate of drug-likeness (QED) is 0.829. The number of carboxylic acids is 1. The van der Waals surface area contributed by atoms with Crippen LogP contribution in [0.5, 0.6) is 0 Å². The summed E-state index contributed by atoms with van der Waals surface area (Å²) in [4.78, 5) is 28.8. The minimum absolute atomic E-state index is 0.0865. The molecule has 2 N–H and O–H groups in total. The smallest absolute Gasteiger partial charge is 0.339 e. The Labute approximate surface area is 112 Å². The molecular weight excluding hydrogens is 246 g/mol. The van der Waals surface area contributed by atoms with Gasteiger partial charge in [-0.1, -0.05) is 0 Å². The van der Waals surface area contributed by atoms with Crippen LogP contribution in [0.4, 0.5) is 5.82 Å². The topological polar surface area (TPSA) is 82.5 Å². The van der Waals surface area contributed by atoms with E-state index in [1.807, 2.05) is 6.92 Å². The summed E-state index contributed by atoms with van der Waals surface area (Å²) in [6.07, 6.45) is 0. The van der Waals surface area contributed by atoms with Crippen LogP contribution in [0.2, 0.25) is 0 Å². The first-order valence-electron chi connectivity index (χ1n) is 6.07. The van der Waals surface area contributed by atoms with Crippen LogP contribution in [-0.4, -0.2) is 42.1 Å². The maximum absolute atomic E-state index is 11.5. The number of likely N-dealkylation sites (N-methyl/N-ethyl adjacent to an activating group) is 2. The Balaban J connectivity index is 3.29. The SMILES string of the molecule is CCN(CC(=O)NC)c1nc(C)cc(C)c1C(=O)O. The van der Waals surface area contributed by atoms with Crippen molar-refractivity contribution in [1.29, 1.82) is 0 Å². The summed E-state index contributed by atoms with van der Waals surface area (Å²) >= 11 is 0. The van der Waals surface area contributed by atoms with Crippen molar-refractivity contribution in [2.75, 3.05) is 25.0 Å². The number of carboxylic acid groups (broad SMARTS) is 1. The summed E-state index contributed by atoms with van der Waals surface area (Å²) in [5.41, 5.74) is 1.52. The van der Waals surface area contributed by atoms with Crippen molar-refractivity contribution in [3.63, 3.8) is 0 Å². The number of nitrogens with one attached hydrogen (secondary N) is 1. The molecule has 1 heterocycles. The largest absolute Gasteiger partial charge is 0.478 e. The number of aromatic nitrogens is 1. The highest BCUT2D eigenvalue weighted by atomic mass is 16.4. The van der Waals surface area contributed by atoms with Crippen molar-refractivity contribution in [1.82, 2.24) is 10.3 Å². The first kappa shape index (κ1) is 14.9. The number of hydrogen-bond donors (Lipinski definition) is 2. The normalized spacial score (nSPS) is 10.1. The van der Waals surface area contributed by atoms with Gasteiger partial charge in [0.15, 0.2) is 0 Å². The third kappa shape index (κ3) is 3.43. The molecule has 0 aromatic carbocycles. The number of aromatic carboxylic acids is 1. The van der Waals surface area contributed by atoms with Crippen molar-refractivity contribution in [2.24, 2.45) is 0 Å². The van der Waals surface area contributed by atoms with Crippen LogP contribution in [0.3, 0.4) is 0 Å². The highest BCUT2D eigenvalue weighted by molar-refractivity contribution is 5.96. The van der Waals surface area contributed by atoms with Gasteiger partial charge in [0.25, 0.3) is 0 Å². The maximum atomic E-state index is 11.5. The maximum Gasteiger partial charge on any atom is 0.339 e. The van der Waals surface area contributed by atoms with E-state index in [0.717, 1.165) is 5.69 Å². The van der Waals surface area contributed by atoms with Crippen molar-refractivity contribution >= 4 is 17.7 Å². The number of pyridine rings is 1. The van der Waals surface area contributed by atoms with E-state index in [9.17, 15) is 14.7 Å². The Morgan fingerprint density at radius 3 is 2.53 bits per heavy atom. The zero-order valence-corrected chi connectivity index (χ0v) is 11.6. The Hall–Kier alpha value is -2.11. The second-order valence-electron chi connectivity index (χ2n) is 4.27. The summed E-state index contributed by atoms with van der Waals surface area (Å²) < 4.78 is 0. The monoisotopic (exact) mass is 265 g/mol. The van der Waals surface area contributed by atoms with Crippen molar-refractivity contribution in [3.8, 4) is 0 Å². The molecule has 104 valence electrons. The van der Waals surface area contributed by atoms with Crippen LogP contribution >= 0.6 is 0 Å². The molecule has 1 rings (SSSR count). The minimum Gasteiger partial charge on any atom is -0.478 e. The molecule has 1 aromatic rings. The van der Waals surface area contributed by atoms with Gasteiger partial charge < -0.3 is 15.3 Å². The molecule has 1 aromatic heterocycles. The van der Waals surface area contributed by atoms with Crippen LogP contribution in [0.15, 0.2) is 6.07 Å². The Bertz CT molecular complexity index is 500. The first-order chi connectivity index (χ1) is 8.90. The van der Waals surface area contributed by atoms with E-state index in [-0.39, 0.29) is 18.0 Å². The molecule has 0 aliphatic carbocycles. The number of anilines is 1. The van der Waals surface area contributed by atoms with Gasteiger partial charge in [-0.3, -0.25) is 4.79 Å². The summed E-state index contributed by atoms with van der Waals surface area (Å²) in [7, 11) is 1.54. The molecule has 0 radical (unpaired) electrons. The summed E-state index contributed by atoms with van der Waals surface area (Å²) in [6, 6.07) is 1.72. The summed E-state index contributed by atoms with van der Waals surface area (Å²) in [5.74, 6) is -0.870. The van der Waals surface area contributed by atoms with Gasteiger partial charge >= 0.3 is 5.97 Å². The standard InChI is InChI=1S/C13H19N3O3/c1-5-16(7-10(17)14-4)12-11(13(18)19)8(2)6-9(3)15-12/h6H,5,7H2,1-4H3,(H,14,17)(H,18,19). The van der Waals surface area contributed by atoms with Gasteiger partial charge in [-0.25, -0.2) is 9.78 Å². The second-order valence-corrected chi connectivity index (χ2v) is 4.27. The number of rotatable bonds is 5. The van der Waals surface area contributed by atoms with Crippen molar-refractivity contribution < 1.29 is 14.7 Å². The number of carbonyl (C=O) groups excluding carboxylic acids is 1. The van der Waals surface area contributed by atoms with E-state index in [1.54, 1.807) is 31.9 Å². The number of nitrogens with zero attached hydrogens (tertiary/aromatic N) is 2. The molecule has 0 fully saturated rings. The van der Waals surface area contributed by atoms with Crippen molar-refractivity contribution in [2.45, 2.75) is 20.8 Å². The van der Waals surface area contributed by atoms with Crippen LogP contribution < -0.4 is 10.2 Å². The average Bonchev–Trinajstić information content (AvgIpc) is 2.33. The Kier molecular flexibility index (Phi) is 4.86. The predicted octanol–water partition coefficient (Wildman–Crippen LogP) is 0.969. The molecule has 6 heteroatoms. The summed E-state index contributed by atoms with van der Waals surface area (Å²) in [5, 5.41) is 11.8. The summed E-state index contributed by atoms with van der Waals surface area (Å²) in [6.45, 7) is 5.98. The molecule has 6 nitrogen and oxygen atoms in total. The molecule has 0 saturated carbocycles. The fraction of sp³-hybridized carbons (Fsp3) is 0.462. The Morgan fingerprint density at radius 1 is 1.42 bits per heavy atom. The van der Waals surface area contributed by atoms with Crippen molar-refractivity contribution in [3.05, 3.63) is 22.9 Å². The first-order valence-corrected chi connectivity index (χ1v) is 6.07. The lowest BCUT2D eigenvalue weighted by Gasteiger charge is -2.23. The van der Waals surface area contributed by atoms with Gasteiger partial charge in [-0.15, -0.1) is 0 Å². The number of carbonyl (C=O) groups is 2. The average molecular weight is 265 g/mol. The molecule has 0 aliphatic rings. The number of hydrogen-bond acceptors (Lipinski definition) is 4. The van der Waals surface area contributed by atoms with E-state index in [1.165, 1.54) is 0 Å². The lowest BCUT2D eigenvalue weighted by Crippen LogP contribution is -2.37.